The number of carbonyl (C=O) groups excluding carboxylic acids is 3. The van der Waals surface area contributed by atoms with Gasteiger partial charge < -0.3 is 19.7 Å². The van der Waals surface area contributed by atoms with Crippen LogP contribution in [0, 0.1) is 12.8 Å². The summed E-state index contributed by atoms with van der Waals surface area (Å²) in [5, 5.41) is 4.83. The average molecular weight is 495 g/mol. The Labute approximate surface area is 214 Å². The van der Waals surface area contributed by atoms with Crippen molar-refractivity contribution in [2.45, 2.75) is 13.3 Å². The summed E-state index contributed by atoms with van der Waals surface area (Å²) in [5.41, 5.74) is 2.24. The van der Waals surface area contributed by atoms with Gasteiger partial charge in [0.25, 0.3) is 5.91 Å². The Bertz CT molecular complexity index is 1460. The van der Waals surface area contributed by atoms with Crippen molar-refractivity contribution < 1.29 is 23.9 Å². The lowest BCUT2D eigenvalue weighted by Crippen LogP contribution is -2.28. The van der Waals surface area contributed by atoms with Crippen molar-refractivity contribution in [2.24, 2.45) is 5.92 Å². The van der Waals surface area contributed by atoms with Crippen molar-refractivity contribution >= 4 is 39.9 Å². The number of fused-ring (bicyclic) bond motifs is 1. The van der Waals surface area contributed by atoms with Crippen LogP contribution in [0.1, 0.15) is 12.0 Å². The summed E-state index contributed by atoms with van der Waals surface area (Å²) in [7, 11) is 0. The van der Waals surface area contributed by atoms with Gasteiger partial charge in [-0.25, -0.2) is 0 Å². The first-order valence-corrected chi connectivity index (χ1v) is 12.1. The zero-order valence-corrected chi connectivity index (χ0v) is 20.3. The van der Waals surface area contributed by atoms with E-state index < -0.39 is 24.4 Å². The van der Waals surface area contributed by atoms with E-state index in [2.05, 4.69) is 5.32 Å². The summed E-state index contributed by atoms with van der Waals surface area (Å²) in [6.07, 6.45) is 0.0342. The number of rotatable bonds is 7. The van der Waals surface area contributed by atoms with Gasteiger partial charge in [0.15, 0.2) is 6.61 Å². The Morgan fingerprint density at radius 2 is 1.65 bits per heavy atom. The maximum Gasteiger partial charge on any atom is 0.311 e. The van der Waals surface area contributed by atoms with Crippen LogP contribution in [-0.2, 0) is 19.1 Å². The summed E-state index contributed by atoms with van der Waals surface area (Å²) >= 11 is 0. The summed E-state index contributed by atoms with van der Waals surface area (Å²) < 4.78 is 11.3. The van der Waals surface area contributed by atoms with Crippen molar-refractivity contribution in [2.75, 3.05) is 23.4 Å². The second-order valence-corrected chi connectivity index (χ2v) is 8.95. The molecule has 4 aromatic carbocycles. The fraction of sp³-hybridized carbons (Fsp3) is 0.167. The van der Waals surface area contributed by atoms with Crippen LogP contribution in [-0.4, -0.2) is 30.9 Å². The van der Waals surface area contributed by atoms with Crippen molar-refractivity contribution in [3.05, 3.63) is 96.6 Å². The van der Waals surface area contributed by atoms with Crippen LogP contribution < -0.4 is 15.0 Å². The molecule has 0 unspecified atom stereocenters. The van der Waals surface area contributed by atoms with E-state index in [0.717, 1.165) is 22.1 Å². The predicted molar refractivity (Wildman–Crippen MR) is 142 cm³/mol. The van der Waals surface area contributed by atoms with Gasteiger partial charge in [-0.15, -0.1) is 0 Å². The molecule has 1 saturated heterocycles. The molecule has 0 aliphatic carbocycles. The van der Waals surface area contributed by atoms with E-state index in [0.29, 0.717) is 17.1 Å². The highest BCUT2D eigenvalue weighted by molar-refractivity contribution is 6.00. The van der Waals surface area contributed by atoms with E-state index in [4.69, 9.17) is 9.47 Å². The van der Waals surface area contributed by atoms with Crippen LogP contribution in [0.3, 0.4) is 0 Å². The number of hydrogen-bond acceptors (Lipinski definition) is 5. The van der Waals surface area contributed by atoms with E-state index in [1.165, 1.54) is 0 Å². The van der Waals surface area contributed by atoms with Crippen molar-refractivity contribution in [1.29, 1.82) is 0 Å². The molecule has 1 fully saturated rings. The minimum absolute atomic E-state index is 0.0342. The highest BCUT2D eigenvalue weighted by Crippen LogP contribution is 2.32. The number of nitrogens with one attached hydrogen (secondary N) is 1. The zero-order valence-electron chi connectivity index (χ0n) is 20.3. The van der Waals surface area contributed by atoms with E-state index in [1.807, 2.05) is 67.6 Å². The molecule has 1 N–H and O–H groups in total. The molecule has 0 aromatic heterocycles. The molecule has 0 radical (unpaired) electrons. The molecular weight excluding hydrogens is 468 g/mol. The van der Waals surface area contributed by atoms with Gasteiger partial charge in [-0.2, -0.15) is 0 Å². The number of ether oxygens (including phenoxy) is 2. The number of amides is 2. The van der Waals surface area contributed by atoms with Crippen LogP contribution in [0.2, 0.25) is 0 Å². The third-order valence-corrected chi connectivity index (χ3v) is 6.35. The van der Waals surface area contributed by atoms with Gasteiger partial charge in [-0.05, 0) is 54.3 Å². The molecule has 1 aliphatic rings. The smallest absolute Gasteiger partial charge is 0.311 e. The lowest BCUT2D eigenvalue weighted by molar-refractivity contribution is -0.151. The monoisotopic (exact) mass is 494 g/mol. The number of nitrogens with zero attached hydrogens (tertiary/aromatic N) is 1. The predicted octanol–water partition coefficient (Wildman–Crippen LogP) is 5.48. The van der Waals surface area contributed by atoms with Gasteiger partial charge in [-0.1, -0.05) is 54.6 Å². The van der Waals surface area contributed by atoms with E-state index in [1.54, 1.807) is 35.2 Å². The molecule has 7 heteroatoms. The zero-order chi connectivity index (χ0) is 25.8. The third kappa shape index (κ3) is 5.46. The first-order valence-electron chi connectivity index (χ1n) is 12.1. The first-order chi connectivity index (χ1) is 18.0. The van der Waals surface area contributed by atoms with Crippen molar-refractivity contribution in [1.82, 2.24) is 0 Å². The van der Waals surface area contributed by atoms with Gasteiger partial charge in [0.05, 0.1) is 5.92 Å². The second-order valence-electron chi connectivity index (χ2n) is 8.95. The fourth-order valence-electron chi connectivity index (χ4n) is 4.37. The summed E-state index contributed by atoms with van der Waals surface area (Å²) in [4.78, 5) is 38.9. The molecule has 7 nitrogen and oxygen atoms in total. The molecule has 37 heavy (non-hydrogen) atoms. The van der Waals surface area contributed by atoms with E-state index in [-0.39, 0.29) is 18.9 Å². The fourth-order valence-corrected chi connectivity index (χ4v) is 4.37. The maximum atomic E-state index is 12.6. The van der Waals surface area contributed by atoms with Gasteiger partial charge in [0.1, 0.15) is 11.5 Å². The van der Waals surface area contributed by atoms with Crippen molar-refractivity contribution in [3.63, 3.8) is 0 Å². The van der Waals surface area contributed by atoms with Crippen LogP contribution in [0.25, 0.3) is 10.8 Å². The summed E-state index contributed by atoms with van der Waals surface area (Å²) in [6, 6.07) is 28.4. The lowest BCUT2D eigenvalue weighted by Gasteiger charge is -2.17. The molecule has 0 spiro atoms. The molecule has 0 saturated carbocycles. The molecule has 186 valence electrons. The highest BCUT2D eigenvalue weighted by atomic mass is 16.5. The minimum Gasteiger partial charge on any atom is -0.457 e. The summed E-state index contributed by atoms with van der Waals surface area (Å²) in [5.74, 6) is -0.406. The largest absolute Gasteiger partial charge is 0.457 e. The minimum atomic E-state index is -0.634. The number of carbonyl (C=O) groups is 3. The highest BCUT2D eigenvalue weighted by Gasteiger charge is 2.36. The van der Waals surface area contributed by atoms with Crippen molar-refractivity contribution in [3.8, 4) is 11.5 Å². The van der Waals surface area contributed by atoms with Gasteiger partial charge in [0.2, 0.25) is 5.91 Å². The number of esters is 1. The number of para-hydroxylation sites is 1. The van der Waals surface area contributed by atoms with Gasteiger partial charge in [-0.3, -0.25) is 14.4 Å². The number of hydrogen-bond donors (Lipinski definition) is 1. The lowest BCUT2D eigenvalue weighted by atomic mass is 10.1. The van der Waals surface area contributed by atoms with Crippen LogP contribution in [0.5, 0.6) is 11.5 Å². The first kappa shape index (κ1) is 24.1. The second kappa shape index (κ2) is 10.5. The van der Waals surface area contributed by atoms with Crippen LogP contribution in [0.4, 0.5) is 11.4 Å². The van der Waals surface area contributed by atoms with E-state index >= 15 is 0 Å². The third-order valence-electron chi connectivity index (χ3n) is 6.35. The molecule has 1 aliphatic heterocycles. The number of anilines is 2. The Morgan fingerprint density at radius 3 is 2.46 bits per heavy atom. The maximum absolute atomic E-state index is 12.6. The molecule has 5 rings (SSSR count). The van der Waals surface area contributed by atoms with Gasteiger partial charge >= 0.3 is 5.97 Å². The van der Waals surface area contributed by atoms with Crippen LogP contribution in [0.15, 0.2) is 91.0 Å². The normalized spacial score (nSPS) is 15.0. The van der Waals surface area contributed by atoms with Crippen LogP contribution >= 0.6 is 0 Å². The molecule has 1 heterocycles. The number of aryl methyl sites for hydroxylation is 1. The Balaban J connectivity index is 1.17. The number of benzene rings is 4. The average Bonchev–Trinajstić information content (AvgIpc) is 3.31. The molecule has 4 aromatic rings. The SMILES string of the molecule is Cc1ccccc1NC(=O)COC(=O)[C@H]1CC(=O)N(c2ccc(Oc3cccc4ccccc34)cc2)C1. The van der Waals surface area contributed by atoms with Gasteiger partial charge in [0, 0.05) is 29.7 Å². The molecule has 2 amide bonds. The van der Waals surface area contributed by atoms with E-state index in [9.17, 15) is 14.4 Å². The molecule has 1 atom stereocenters. The molecule has 0 bridgehead atoms. The Morgan fingerprint density at radius 1 is 0.919 bits per heavy atom. The quantitative estimate of drug-likeness (QED) is 0.344. The topological polar surface area (TPSA) is 84.9 Å². The Kier molecular flexibility index (Phi) is 6.85. The molecular formula is C30H26N2O5. The standard InChI is InChI=1S/C30H26N2O5/c1-20-7-2-5-11-26(20)31-28(33)19-36-30(35)22-17-29(34)32(18-22)23-13-15-24(16-14-23)37-27-12-6-9-21-8-3-4-10-25(21)27/h2-16,22H,17-19H2,1H3,(H,31,33)/t22-/m0/s1. The summed E-state index contributed by atoms with van der Waals surface area (Å²) in [6.45, 7) is 1.67. The Hall–Kier alpha value is -4.65.